The number of ether oxygens (including phenoxy) is 1. The molecule has 2 aromatic rings. The van der Waals surface area contributed by atoms with Crippen molar-refractivity contribution in [2.75, 3.05) is 19.0 Å². The Morgan fingerprint density at radius 1 is 1.32 bits per heavy atom. The van der Waals surface area contributed by atoms with Gasteiger partial charge in [-0.2, -0.15) is 5.26 Å². The lowest BCUT2D eigenvalue weighted by molar-refractivity contribution is 0.207. The van der Waals surface area contributed by atoms with Gasteiger partial charge in [-0.05, 0) is 48.7 Å². The average Bonchev–Trinajstić information content (AvgIpc) is 3.13. The van der Waals surface area contributed by atoms with Crippen LogP contribution in [0, 0.1) is 17.1 Å². The van der Waals surface area contributed by atoms with Gasteiger partial charge in [0.15, 0.2) is 0 Å². The number of halogens is 1. The molecule has 5 nitrogen and oxygen atoms in total. The summed E-state index contributed by atoms with van der Waals surface area (Å²) in [5.41, 5.74) is 1.45. The highest BCUT2D eigenvalue weighted by Crippen LogP contribution is 2.33. The van der Waals surface area contributed by atoms with Gasteiger partial charge < -0.3 is 15.0 Å². The molecule has 1 aliphatic rings. The molecule has 0 bridgehead atoms. The van der Waals surface area contributed by atoms with Crippen molar-refractivity contribution in [2.45, 2.75) is 18.9 Å². The summed E-state index contributed by atoms with van der Waals surface area (Å²) in [6, 6.07) is 13.0. The topological polar surface area (TPSA) is 65.4 Å². The first-order chi connectivity index (χ1) is 12.1. The highest BCUT2D eigenvalue weighted by Gasteiger charge is 2.30. The summed E-state index contributed by atoms with van der Waals surface area (Å²) in [5, 5.41) is 11.8. The van der Waals surface area contributed by atoms with E-state index in [4.69, 9.17) is 10.00 Å². The molecule has 0 aliphatic carbocycles. The summed E-state index contributed by atoms with van der Waals surface area (Å²) in [6.07, 6.45) is 1.77. The minimum Gasteiger partial charge on any atom is -0.497 e. The molecule has 1 aliphatic heterocycles. The maximum absolute atomic E-state index is 13.2. The lowest BCUT2D eigenvalue weighted by Gasteiger charge is -2.25. The van der Waals surface area contributed by atoms with Crippen LogP contribution in [-0.2, 0) is 0 Å². The van der Waals surface area contributed by atoms with Gasteiger partial charge in [-0.3, -0.25) is 0 Å². The molecule has 1 heterocycles. The molecule has 2 aromatic carbocycles. The van der Waals surface area contributed by atoms with Crippen molar-refractivity contribution in [1.29, 1.82) is 5.26 Å². The maximum Gasteiger partial charge on any atom is 0.322 e. The fourth-order valence-electron chi connectivity index (χ4n) is 3.09. The average molecular weight is 339 g/mol. The minimum atomic E-state index is -0.508. The Morgan fingerprint density at radius 2 is 2.08 bits per heavy atom. The smallest absolute Gasteiger partial charge is 0.322 e. The standard InChI is InChI=1S/C19H18FN3O2/c1-25-16-7-4-13(5-8-16)18-3-2-10-23(18)19(24)22-17-9-6-15(20)11-14(17)12-21/h4-9,11,18H,2-3,10H2,1H3,(H,22,24). The summed E-state index contributed by atoms with van der Waals surface area (Å²) in [5.74, 6) is 0.259. The van der Waals surface area contributed by atoms with Crippen LogP contribution in [0.15, 0.2) is 42.5 Å². The SMILES string of the molecule is COc1ccc(C2CCCN2C(=O)Nc2ccc(F)cc2C#N)cc1. The van der Waals surface area contributed by atoms with E-state index in [-0.39, 0.29) is 17.6 Å². The Hall–Kier alpha value is -3.07. The number of urea groups is 1. The van der Waals surface area contributed by atoms with Crippen molar-refractivity contribution in [1.82, 2.24) is 4.90 Å². The van der Waals surface area contributed by atoms with Crippen LogP contribution in [0.4, 0.5) is 14.9 Å². The fraction of sp³-hybridized carbons (Fsp3) is 0.263. The first-order valence-corrected chi connectivity index (χ1v) is 8.03. The zero-order valence-corrected chi connectivity index (χ0v) is 13.8. The van der Waals surface area contributed by atoms with E-state index in [2.05, 4.69) is 5.32 Å². The number of amides is 2. The van der Waals surface area contributed by atoms with Crippen molar-refractivity contribution in [3.05, 3.63) is 59.4 Å². The third-order valence-electron chi connectivity index (χ3n) is 4.36. The zero-order valence-electron chi connectivity index (χ0n) is 13.8. The Balaban J connectivity index is 1.78. The van der Waals surface area contributed by atoms with Crippen LogP contribution in [0.5, 0.6) is 5.75 Å². The summed E-state index contributed by atoms with van der Waals surface area (Å²) in [7, 11) is 1.61. The van der Waals surface area contributed by atoms with E-state index < -0.39 is 5.82 Å². The molecule has 0 saturated carbocycles. The van der Waals surface area contributed by atoms with Crippen LogP contribution < -0.4 is 10.1 Å². The number of methoxy groups -OCH3 is 1. The van der Waals surface area contributed by atoms with Crippen molar-refractivity contribution >= 4 is 11.7 Å². The second kappa shape index (κ2) is 7.22. The number of hydrogen-bond acceptors (Lipinski definition) is 3. The maximum atomic E-state index is 13.2. The van der Waals surface area contributed by atoms with E-state index in [1.54, 1.807) is 12.0 Å². The fourth-order valence-corrected chi connectivity index (χ4v) is 3.09. The van der Waals surface area contributed by atoms with E-state index in [0.717, 1.165) is 30.2 Å². The van der Waals surface area contributed by atoms with E-state index in [1.165, 1.54) is 12.1 Å². The molecule has 1 N–H and O–H groups in total. The van der Waals surface area contributed by atoms with Crippen molar-refractivity contribution in [2.24, 2.45) is 0 Å². The largest absolute Gasteiger partial charge is 0.497 e. The van der Waals surface area contributed by atoms with Crippen molar-refractivity contribution in [3.8, 4) is 11.8 Å². The molecular formula is C19H18FN3O2. The monoisotopic (exact) mass is 339 g/mol. The molecule has 0 aromatic heterocycles. The highest BCUT2D eigenvalue weighted by atomic mass is 19.1. The molecule has 25 heavy (non-hydrogen) atoms. The Labute approximate surface area is 145 Å². The van der Waals surface area contributed by atoms with Gasteiger partial charge in [-0.25, -0.2) is 9.18 Å². The molecule has 0 spiro atoms. The van der Waals surface area contributed by atoms with Gasteiger partial charge in [0.25, 0.3) is 0 Å². The first-order valence-electron chi connectivity index (χ1n) is 8.03. The molecule has 1 unspecified atom stereocenters. The second-order valence-electron chi connectivity index (χ2n) is 5.86. The van der Waals surface area contributed by atoms with Gasteiger partial charge in [0.2, 0.25) is 0 Å². The number of rotatable bonds is 3. The van der Waals surface area contributed by atoms with Crippen molar-refractivity contribution in [3.63, 3.8) is 0 Å². The summed E-state index contributed by atoms with van der Waals surface area (Å²) < 4.78 is 18.4. The number of nitrogens with one attached hydrogen (secondary N) is 1. The molecule has 3 rings (SSSR count). The number of hydrogen-bond donors (Lipinski definition) is 1. The molecular weight excluding hydrogens is 321 g/mol. The second-order valence-corrected chi connectivity index (χ2v) is 5.86. The van der Waals surface area contributed by atoms with Gasteiger partial charge in [-0.1, -0.05) is 12.1 Å². The van der Waals surface area contributed by atoms with E-state index >= 15 is 0 Å². The Morgan fingerprint density at radius 3 is 2.76 bits per heavy atom. The van der Waals surface area contributed by atoms with Gasteiger partial charge >= 0.3 is 6.03 Å². The van der Waals surface area contributed by atoms with E-state index in [9.17, 15) is 9.18 Å². The molecule has 128 valence electrons. The molecule has 2 amide bonds. The number of carbonyl (C=O) groups is 1. The molecule has 0 radical (unpaired) electrons. The van der Waals surface area contributed by atoms with Crippen LogP contribution >= 0.6 is 0 Å². The van der Waals surface area contributed by atoms with Crippen molar-refractivity contribution < 1.29 is 13.9 Å². The van der Waals surface area contributed by atoms with Crippen LogP contribution in [0.25, 0.3) is 0 Å². The van der Waals surface area contributed by atoms with Gasteiger partial charge in [0.05, 0.1) is 24.4 Å². The summed E-state index contributed by atoms with van der Waals surface area (Å²) >= 11 is 0. The Bertz CT molecular complexity index is 814. The van der Waals surface area contributed by atoms with Gasteiger partial charge in [0, 0.05) is 6.54 Å². The number of likely N-dealkylation sites (tertiary alicyclic amines) is 1. The predicted octanol–water partition coefficient (Wildman–Crippen LogP) is 4.07. The summed E-state index contributed by atoms with van der Waals surface area (Å²) in [6.45, 7) is 0.631. The number of carbonyl (C=O) groups excluding carboxylic acids is 1. The zero-order chi connectivity index (χ0) is 17.8. The third-order valence-corrected chi connectivity index (χ3v) is 4.36. The normalized spacial score (nSPS) is 16.4. The van der Waals surface area contributed by atoms with Gasteiger partial charge in [-0.15, -0.1) is 0 Å². The number of benzene rings is 2. The quantitative estimate of drug-likeness (QED) is 0.916. The number of anilines is 1. The van der Waals surface area contributed by atoms with Crippen LogP contribution in [0.1, 0.15) is 30.0 Å². The van der Waals surface area contributed by atoms with E-state index in [0.29, 0.717) is 12.2 Å². The van der Waals surface area contributed by atoms with Crippen LogP contribution in [0.2, 0.25) is 0 Å². The number of nitriles is 1. The lowest BCUT2D eigenvalue weighted by atomic mass is 10.0. The summed E-state index contributed by atoms with van der Waals surface area (Å²) in [4.78, 5) is 14.4. The highest BCUT2D eigenvalue weighted by molar-refractivity contribution is 5.91. The molecule has 6 heteroatoms. The van der Waals surface area contributed by atoms with Crippen LogP contribution in [0.3, 0.4) is 0 Å². The Kier molecular flexibility index (Phi) is 4.85. The lowest BCUT2D eigenvalue weighted by Crippen LogP contribution is -2.34. The van der Waals surface area contributed by atoms with Gasteiger partial charge in [0.1, 0.15) is 17.6 Å². The predicted molar refractivity (Wildman–Crippen MR) is 91.8 cm³/mol. The minimum absolute atomic E-state index is 0.0307. The molecule has 1 saturated heterocycles. The number of nitrogens with zero attached hydrogens (tertiary/aromatic N) is 2. The van der Waals surface area contributed by atoms with Crippen LogP contribution in [-0.4, -0.2) is 24.6 Å². The van der Waals surface area contributed by atoms with E-state index in [1.807, 2.05) is 30.3 Å². The first kappa shape index (κ1) is 16.8. The third kappa shape index (κ3) is 3.56. The molecule has 1 fully saturated rings. The molecule has 1 atom stereocenters.